The molecular weight excluding hydrogens is 1090 g/mol. The molecule has 5 aromatic heterocycles. The topological polar surface area (TPSA) is 123 Å². The molecule has 2 amide bonds. The number of carbonyl (C=O) groups excluding carboxylic acids is 2. The monoisotopic (exact) mass is 1150 g/mol. The molecule has 80 heavy (non-hydrogen) atoms. The average molecular weight is 1150 g/mol. The second kappa shape index (κ2) is 24.1. The Morgan fingerprint density at radius 3 is 1.32 bits per heavy atom. The van der Waals surface area contributed by atoms with Crippen LogP contribution >= 0.6 is 22.7 Å². The van der Waals surface area contributed by atoms with Gasteiger partial charge in [-0.3, -0.25) is 18.7 Å². The SMILES string of the molecule is C=CC1=C(C)c2cc3[n-]c(cc4[n-]c(cc5nc(cc1n2)C(C)=C5C=C)c(C)c4CCC(=O)N=c1scc(-c2ccccc2)n1-c1ccc(C)cc1)c(CCC(=O)N=c1scc(-c2ccccc2)n1-c1ccc(C)cc1)c3C.[Cl-].[Fe+3]. The van der Waals surface area contributed by atoms with Crippen molar-refractivity contribution in [3.8, 4) is 33.9 Å². The van der Waals surface area contributed by atoms with E-state index >= 15 is 0 Å². The summed E-state index contributed by atoms with van der Waals surface area (Å²) in [5.41, 5.74) is 21.3. The number of aromatic nitrogens is 6. The fourth-order valence-corrected chi connectivity index (χ4v) is 12.1. The van der Waals surface area contributed by atoms with Gasteiger partial charge in [-0.05, 0) is 107 Å². The standard InChI is InChI=1S/C66H56N8O2S2.ClH.Fe/c1-9-49-41(5)53-33-54-43(7)51(29-31-63(75)71-65-73(47-25-21-39(3)22-26-47)61(37-77-65)45-17-13-11-14-18-45)59(69-54)36-60-52(44(8)56(70-60)35-58-50(10-2)42(6)55(68-58)34-57(49)67-53)30-32-64(76)72-66-74(48-27-23-40(4)24-28-48)62(38-78-66)46-19-15-12-16-20-46;;/h9-28,33-38H,1-2,29-32H2,3-8H3;1H;/q-2;;+3/p-1. The molecule has 0 spiro atoms. The average Bonchev–Trinajstić information content (AvgIpc) is 4.32. The van der Waals surface area contributed by atoms with Gasteiger partial charge in [0.2, 0.25) is 11.8 Å². The summed E-state index contributed by atoms with van der Waals surface area (Å²) < 4.78 is 4.11. The van der Waals surface area contributed by atoms with Gasteiger partial charge in [0.15, 0.2) is 9.60 Å². The molecule has 7 heterocycles. The van der Waals surface area contributed by atoms with E-state index in [0.717, 1.165) is 123 Å². The third kappa shape index (κ3) is 11.3. The molecule has 0 atom stereocenters. The predicted molar refractivity (Wildman–Crippen MR) is 319 cm³/mol. The van der Waals surface area contributed by atoms with Crippen molar-refractivity contribution < 1.29 is 39.1 Å². The van der Waals surface area contributed by atoms with E-state index in [0.29, 0.717) is 33.5 Å². The van der Waals surface area contributed by atoms with E-state index in [4.69, 9.17) is 29.9 Å². The van der Waals surface area contributed by atoms with E-state index in [1.807, 2.05) is 101 Å². The Bertz CT molecular complexity index is 4290. The zero-order valence-electron chi connectivity index (χ0n) is 45.2. The number of hydrogen-bond acceptors (Lipinski definition) is 6. The van der Waals surface area contributed by atoms with Gasteiger partial charge in [-0.2, -0.15) is 9.98 Å². The van der Waals surface area contributed by atoms with Gasteiger partial charge in [-0.25, -0.2) is 9.97 Å². The van der Waals surface area contributed by atoms with Crippen LogP contribution in [-0.4, -0.2) is 30.9 Å². The number of hydrogen-bond donors (Lipinski definition) is 0. The summed E-state index contributed by atoms with van der Waals surface area (Å²) in [6.07, 6.45) is 4.67. The molecule has 8 bridgehead atoms. The molecule has 11 rings (SSSR count). The molecule has 9 aromatic rings. The fraction of sp³-hybridized carbons (Fsp3) is 0.152. The summed E-state index contributed by atoms with van der Waals surface area (Å²) in [5.74, 6) is -0.502. The largest absolute Gasteiger partial charge is 3.00 e. The van der Waals surface area contributed by atoms with E-state index in [1.165, 1.54) is 22.7 Å². The Kier molecular flexibility index (Phi) is 17.1. The molecule has 2 aliphatic rings. The fourth-order valence-electron chi connectivity index (χ4n) is 10.2. The Labute approximate surface area is 490 Å². The maximum absolute atomic E-state index is 14.3. The van der Waals surface area contributed by atoms with Crippen LogP contribution in [0.4, 0.5) is 0 Å². The Balaban J connectivity index is 0.00000387. The van der Waals surface area contributed by atoms with Crippen molar-refractivity contribution in [2.24, 2.45) is 9.98 Å². The van der Waals surface area contributed by atoms with Crippen molar-refractivity contribution in [3.05, 3.63) is 235 Å². The number of allylic oxidation sites excluding steroid dienone is 6. The van der Waals surface area contributed by atoms with Gasteiger partial charge in [-0.1, -0.05) is 162 Å². The van der Waals surface area contributed by atoms with E-state index in [-0.39, 0.29) is 54.1 Å². The first-order chi connectivity index (χ1) is 37.8. The molecule has 2 aliphatic heterocycles. The number of fused-ring (bicyclic) bond motifs is 8. The quantitative estimate of drug-likeness (QED) is 0.112. The van der Waals surface area contributed by atoms with Crippen LogP contribution in [0.2, 0.25) is 0 Å². The van der Waals surface area contributed by atoms with Crippen LogP contribution in [0, 0.1) is 27.7 Å². The van der Waals surface area contributed by atoms with Crippen molar-refractivity contribution in [3.63, 3.8) is 0 Å². The molecule has 0 unspecified atom stereocenters. The van der Waals surface area contributed by atoms with Crippen molar-refractivity contribution in [2.75, 3.05) is 0 Å². The number of amides is 2. The van der Waals surface area contributed by atoms with Gasteiger partial charge in [0.05, 0.1) is 34.2 Å². The molecule has 0 aliphatic carbocycles. The maximum Gasteiger partial charge on any atom is 3.00 e. The minimum absolute atomic E-state index is 0. The molecular formula is C66H56ClFeN8O2S2. The van der Waals surface area contributed by atoms with Crippen LogP contribution in [0.1, 0.15) is 82.8 Å². The van der Waals surface area contributed by atoms with Crippen LogP contribution in [0.15, 0.2) is 180 Å². The van der Waals surface area contributed by atoms with Crippen LogP contribution in [-0.2, 0) is 39.5 Å². The van der Waals surface area contributed by atoms with Crippen LogP contribution < -0.4 is 32.0 Å². The van der Waals surface area contributed by atoms with Gasteiger partial charge in [0.1, 0.15) is 0 Å². The molecule has 0 N–H and O–H groups in total. The second-order valence-electron chi connectivity index (χ2n) is 19.7. The predicted octanol–water partition coefficient (Wildman–Crippen LogP) is 11.2. The summed E-state index contributed by atoms with van der Waals surface area (Å²) in [6.45, 7) is 20.7. The van der Waals surface area contributed by atoms with E-state index in [2.05, 4.69) is 120 Å². The number of nitrogens with zero attached hydrogens (tertiary/aromatic N) is 8. The molecule has 10 nitrogen and oxygen atoms in total. The van der Waals surface area contributed by atoms with Crippen LogP contribution in [0.25, 0.3) is 78.2 Å². The van der Waals surface area contributed by atoms with Gasteiger partial charge >= 0.3 is 17.1 Å². The number of carbonyl (C=O) groups is 2. The number of thiazole rings is 2. The number of halogens is 1. The summed E-state index contributed by atoms with van der Waals surface area (Å²) in [5, 5.41) is 4.11. The minimum atomic E-state index is -0.252. The second-order valence-corrected chi connectivity index (χ2v) is 21.4. The van der Waals surface area contributed by atoms with Gasteiger partial charge < -0.3 is 22.4 Å². The molecule has 4 aromatic carbocycles. The number of benzene rings is 4. The van der Waals surface area contributed by atoms with Crippen LogP contribution in [0.5, 0.6) is 0 Å². The number of rotatable bonds is 12. The van der Waals surface area contributed by atoms with E-state index in [9.17, 15) is 9.59 Å². The molecule has 0 saturated carbocycles. The Morgan fingerprint density at radius 2 is 0.912 bits per heavy atom. The molecule has 399 valence electrons. The Morgan fingerprint density at radius 1 is 0.525 bits per heavy atom. The van der Waals surface area contributed by atoms with Crippen molar-refractivity contribution in [2.45, 2.75) is 67.2 Å². The maximum atomic E-state index is 14.3. The molecule has 14 heteroatoms. The van der Waals surface area contributed by atoms with Gasteiger partial charge in [0.25, 0.3) is 0 Å². The van der Waals surface area contributed by atoms with Crippen LogP contribution in [0.3, 0.4) is 0 Å². The summed E-state index contributed by atoms with van der Waals surface area (Å²) >= 11 is 2.89. The molecule has 1 radical (unpaired) electrons. The summed E-state index contributed by atoms with van der Waals surface area (Å²) in [6, 6.07) is 44.9. The smallest absolute Gasteiger partial charge is 1.00 e. The van der Waals surface area contributed by atoms with Crippen molar-refractivity contribution in [1.29, 1.82) is 0 Å². The molecule has 0 fully saturated rings. The van der Waals surface area contributed by atoms with Gasteiger partial charge in [0, 0.05) is 46.1 Å². The number of aryl methyl sites for hydroxylation is 6. The van der Waals surface area contributed by atoms with Crippen molar-refractivity contribution >= 4 is 78.8 Å². The minimum Gasteiger partial charge on any atom is -1.00 e. The zero-order chi connectivity index (χ0) is 54.2. The normalized spacial score (nSPS) is 12.6. The van der Waals surface area contributed by atoms with E-state index in [1.54, 1.807) is 0 Å². The van der Waals surface area contributed by atoms with Crippen molar-refractivity contribution in [1.82, 2.24) is 29.1 Å². The first-order valence-corrected chi connectivity index (χ1v) is 27.7. The van der Waals surface area contributed by atoms with E-state index < -0.39 is 0 Å². The summed E-state index contributed by atoms with van der Waals surface area (Å²) in [4.78, 5) is 60.2. The third-order valence-corrected chi connectivity index (χ3v) is 16.3. The first kappa shape index (κ1) is 56.7. The molecule has 0 saturated heterocycles. The van der Waals surface area contributed by atoms with Gasteiger partial charge in [-0.15, -0.1) is 44.7 Å². The zero-order valence-corrected chi connectivity index (χ0v) is 48.7. The third-order valence-electron chi connectivity index (χ3n) is 14.6. The first-order valence-electron chi connectivity index (χ1n) is 26.0. The summed E-state index contributed by atoms with van der Waals surface area (Å²) in [7, 11) is 0. The Hall–Kier alpha value is -8.03.